The average molecular weight is 258 g/mol. The summed E-state index contributed by atoms with van der Waals surface area (Å²) in [6, 6.07) is 8.89. The summed E-state index contributed by atoms with van der Waals surface area (Å²) in [5.74, 6) is -0.867. The molecule has 0 saturated carbocycles. The van der Waals surface area contributed by atoms with Crippen molar-refractivity contribution in [3.63, 3.8) is 0 Å². The van der Waals surface area contributed by atoms with E-state index in [0.29, 0.717) is 0 Å². The van der Waals surface area contributed by atoms with Crippen LogP contribution < -0.4 is 5.32 Å². The number of rotatable bonds is 4. The number of aryl methyl sites for hydroxylation is 1. The van der Waals surface area contributed by atoms with Gasteiger partial charge in [0.2, 0.25) is 0 Å². The number of fused-ring (bicyclic) bond motifs is 1. The number of hydrogen-bond acceptors (Lipinski definition) is 3. The minimum absolute atomic E-state index is 0.105. The first-order valence-electron chi connectivity index (χ1n) is 6.33. The Morgan fingerprint density at radius 2 is 2.00 bits per heavy atom. The number of nitrogens with one attached hydrogen (secondary N) is 1. The minimum Gasteiger partial charge on any atom is -0.480 e. The molecule has 2 aromatic rings. The summed E-state index contributed by atoms with van der Waals surface area (Å²) in [6.07, 6.45) is 0. The maximum Gasteiger partial charge on any atom is 0.325 e. The monoisotopic (exact) mass is 258 g/mol. The zero-order chi connectivity index (χ0) is 14.0. The van der Waals surface area contributed by atoms with Crippen molar-refractivity contribution in [2.24, 2.45) is 0 Å². The van der Waals surface area contributed by atoms with Crippen LogP contribution in [-0.2, 0) is 4.79 Å². The molecule has 1 unspecified atom stereocenters. The molecule has 0 radical (unpaired) electrons. The van der Waals surface area contributed by atoms with Crippen LogP contribution in [0.25, 0.3) is 10.9 Å². The SMILES string of the molecule is Cc1ccc2cc(C(NC(C)C)C(=O)O)ccc2n1. The predicted octanol–water partition coefficient (Wildman–Crippen LogP) is 2.67. The summed E-state index contributed by atoms with van der Waals surface area (Å²) >= 11 is 0. The normalized spacial score (nSPS) is 12.8. The zero-order valence-corrected chi connectivity index (χ0v) is 11.3. The van der Waals surface area contributed by atoms with Crippen LogP contribution in [0, 0.1) is 6.92 Å². The molecule has 1 heterocycles. The van der Waals surface area contributed by atoms with E-state index in [0.717, 1.165) is 22.2 Å². The molecule has 2 rings (SSSR count). The highest BCUT2D eigenvalue weighted by Gasteiger charge is 2.20. The first-order chi connectivity index (χ1) is 8.97. The van der Waals surface area contributed by atoms with E-state index in [-0.39, 0.29) is 6.04 Å². The lowest BCUT2D eigenvalue weighted by atomic mass is 10.0. The lowest BCUT2D eigenvalue weighted by molar-refractivity contribution is -0.139. The molecule has 4 nitrogen and oxygen atoms in total. The first-order valence-corrected chi connectivity index (χ1v) is 6.33. The number of nitrogens with zero attached hydrogens (tertiary/aromatic N) is 1. The summed E-state index contributed by atoms with van der Waals surface area (Å²) in [4.78, 5) is 15.8. The van der Waals surface area contributed by atoms with Crippen LogP contribution in [0.1, 0.15) is 31.1 Å². The van der Waals surface area contributed by atoms with Gasteiger partial charge in [-0.05, 0) is 44.5 Å². The fourth-order valence-electron chi connectivity index (χ4n) is 2.07. The number of aromatic nitrogens is 1. The molecule has 1 atom stereocenters. The smallest absolute Gasteiger partial charge is 0.325 e. The van der Waals surface area contributed by atoms with Gasteiger partial charge < -0.3 is 5.11 Å². The van der Waals surface area contributed by atoms with Gasteiger partial charge in [-0.2, -0.15) is 0 Å². The van der Waals surface area contributed by atoms with Crippen molar-refractivity contribution in [1.29, 1.82) is 0 Å². The lowest BCUT2D eigenvalue weighted by Crippen LogP contribution is -2.33. The van der Waals surface area contributed by atoms with Crippen LogP contribution >= 0.6 is 0 Å². The van der Waals surface area contributed by atoms with E-state index in [9.17, 15) is 9.90 Å². The van der Waals surface area contributed by atoms with E-state index >= 15 is 0 Å². The zero-order valence-electron chi connectivity index (χ0n) is 11.3. The molecule has 2 N–H and O–H groups in total. The Morgan fingerprint density at radius 3 is 2.63 bits per heavy atom. The first kappa shape index (κ1) is 13.5. The van der Waals surface area contributed by atoms with Crippen LogP contribution in [-0.4, -0.2) is 22.1 Å². The second-order valence-corrected chi connectivity index (χ2v) is 5.00. The summed E-state index contributed by atoms with van der Waals surface area (Å²) in [6.45, 7) is 5.80. The molecule has 0 aliphatic carbocycles. The average Bonchev–Trinajstić information content (AvgIpc) is 2.35. The van der Waals surface area contributed by atoms with E-state index in [1.807, 2.05) is 51.1 Å². The second kappa shape index (κ2) is 5.36. The van der Waals surface area contributed by atoms with Crippen molar-refractivity contribution in [2.45, 2.75) is 32.9 Å². The van der Waals surface area contributed by atoms with Crippen molar-refractivity contribution in [3.8, 4) is 0 Å². The van der Waals surface area contributed by atoms with Gasteiger partial charge in [-0.3, -0.25) is 15.1 Å². The standard InChI is InChI=1S/C15H18N2O2/c1-9(2)16-14(15(18)19)12-6-7-13-11(8-12)5-4-10(3)17-13/h4-9,14,16H,1-3H3,(H,18,19). The molecular formula is C15H18N2O2. The minimum atomic E-state index is -0.867. The fourth-order valence-corrected chi connectivity index (χ4v) is 2.07. The number of carbonyl (C=O) groups is 1. The highest BCUT2D eigenvalue weighted by atomic mass is 16.4. The number of carboxylic acids is 1. The number of carboxylic acid groups (broad SMARTS) is 1. The topological polar surface area (TPSA) is 62.2 Å². The Bertz CT molecular complexity index is 608. The van der Waals surface area contributed by atoms with Gasteiger partial charge >= 0.3 is 5.97 Å². The molecule has 0 amide bonds. The fraction of sp³-hybridized carbons (Fsp3) is 0.333. The number of aliphatic carboxylic acids is 1. The molecule has 4 heteroatoms. The van der Waals surface area contributed by atoms with Crippen molar-refractivity contribution in [2.75, 3.05) is 0 Å². The van der Waals surface area contributed by atoms with Gasteiger partial charge in [-0.1, -0.05) is 12.1 Å². The van der Waals surface area contributed by atoms with E-state index in [1.165, 1.54) is 0 Å². The van der Waals surface area contributed by atoms with Crippen molar-refractivity contribution in [1.82, 2.24) is 10.3 Å². The molecule has 100 valence electrons. The summed E-state index contributed by atoms with van der Waals surface area (Å²) < 4.78 is 0. The van der Waals surface area contributed by atoms with E-state index in [4.69, 9.17) is 0 Å². The maximum absolute atomic E-state index is 11.3. The van der Waals surface area contributed by atoms with E-state index < -0.39 is 12.0 Å². The van der Waals surface area contributed by atoms with Crippen LogP contribution in [0.3, 0.4) is 0 Å². The van der Waals surface area contributed by atoms with Gasteiger partial charge in [-0.15, -0.1) is 0 Å². The van der Waals surface area contributed by atoms with E-state index in [2.05, 4.69) is 10.3 Å². The number of benzene rings is 1. The summed E-state index contributed by atoms with van der Waals surface area (Å²) in [7, 11) is 0. The predicted molar refractivity (Wildman–Crippen MR) is 75.1 cm³/mol. The van der Waals surface area contributed by atoms with Gasteiger partial charge in [0.05, 0.1) is 5.52 Å². The Kier molecular flexibility index (Phi) is 3.81. The molecule has 0 aliphatic heterocycles. The molecule has 1 aromatic heterocycles. The molecule has 0 saturated heterocycles. The Hall–Kier alpha value is -1.94. The third-order valence-corrected chi connectivity index (χ3v) is 2.93. The molecular weight excluding hydrogens is 240 g/mol. The van der Waals surface area contributed by atoms with Crippen molar-refractivity contribution in [3.05, 3.63) is 41.6 Å². The van der Waals surface area contributed by atoms with Crippen molar-refractivity contribution < 1.29 is 9.90 Å². The highest BCUT2D eigenvalue weighted by Crippen LogP contribution is 2.20. The molecule has 0 bridgehead atoms. The summed E-state index contributed by atoms with van der Waals surface area (Å²) in [5.41, 5.74) is 2.59. The van der Waals surface area contributed by atoms with Gasteiger partial charge in [0.15, 0.2) is 0 Å². The highest BCUT2D eigenvalue weighted by molar-refractivity contribution is 5.82. The van der Waals surface area contributed by atoms with E-state index in [1.54, 1.807) is 0 Å². The third-order valence-electron chi connectivity index (χ3n) is 2.93. The van der Waals surface area contributed by atoms with Crippen LogP contribution in [0.4, 0.5) is 0 Å². The summed E-state index contributed by atoms with van der Waals surface area (Å²) in [5, 5.41) is 13.3. The van der Waals surface area contributed by atoms with Crippen LogP contribution in [0.2, 0.25) is 0 Å². The largest absolute Gasteiger partial charge is 0.480 e. The second-order valence-electron chi connectivity index (χ2n) is 5.00. The molecule has 19 heavy (non-hydrogen) atoms. The van der Waals surface area contributed by atoms with Gasteiger partial charge in [0.25, 0.3) is 0 Å². The Morgan fingerprint density at radius 1 is 1.26 bits per heavy atom. The van der Waals surface area contributed by atoms with Gasteiger partial charge in [-0.25, -0.2) is 0 Å². The van der Waals surface area contributed by atoms with Crippen LogP contribution in [0.5, 0.6) is 0 Å². The quantitative estimate of drug-likeness (QED) is 0.885. The number of hydrogen-bond donors (Lipinski definition) is 2. The Labute approximate surface area is 112 Å². The lowest BCUT2D eigenvalue weighted by Gasteiger charge is -2.18. The molecule has 1 aromatic carbocycles. The Balaban J connectivity index is 2.43. The van der Waals surface area contributed by atoms with Crippen LogP contribution in [0.15, 0.2) is 30.3 Å². The molecule has 0 aliphatic rings. The van der Waals surface area contributed by atoms with Gasteiger partial charge in [0.1, 0.15) is 6.04 Å². The third kappa shape index (κ3) is 3.09. The van der Waals surface area contributed by atoms with Gasteiger partial charge in [0, 0.05) is 17.1 Å². The maximum atomic E-state index is 11.3. The number of pyridine rings is 1. The molecule has 0 spiro atoms. The van der Waals surface area contributed by atoms with Crippen molar-refractivity contribution >= 4 is 16.9 Å². The molecule has 0 fully saturated rings.